The lowest BCUT2D eigenvalue weighted by Gasteiger charge is -2.41. The van der Waals surface area contributed by atoms with Gasteiger partial charge in [0.05, 0.1) is 5.69 Å². The second kappa shape index (κ2) is 5.52. The van der Waals surface area contributed by atoms with Crippen molar-refractivity contribution in [1.29, 1.82) is 0 Å². The normalized spacial score (nSPS) is 21.8. The van der Waals surface area contributed by atoms with Gasteiger partial charge in [0, 0.05) is 32.2 Å². The topological polar surface area (TPSA) is 36.4 Å². The van der Waals surface area contributed by atoms with Crippen LogP contribution in [-0.4, -0.2) is 46.9 Å². The van der Waals surface area contributed by atoms with Gasteiger partial charge in [-0.25, -0.2) is 4.98 Å². The van der Waals surface area contributed by atoms with Crippen molar-refractivity contribution in [2.75, 3.05) is 26.2 Å². The molecule has 3 heterocycles. The van der Waals surface area contributed by atoms with Crippen LogP contribution in [0, 0.1) is 5.92 Å². The van der Waals surface area contributed by atoms with E-state index in [2.05, 4.69) is 23.7 Å². The van der Waals surface area contributed by atoms with Gasteiger partial charge in [0.15, 0.2) is 0 Å². The molecular weight excluding hydrogens is 250 g/mol. The zero-order valence-electron chi connectivity index (χ0n) is 12.4. The fourth-order valence-electron chi connectivity index (χ4n) is 3.14. The average Bonchev–Trinajstić information content (AvgIpc) is 2.96. The number of amides is 1. The average molecular weight is 273 g/mol. The Morgan fingerprint density at radius 3 is 2.65 bits per heavy atom. The number of rotatable bonds is 3. The highest BCUT2D eigenvalue weighted by molar-refractivity contribution is 5.92. The zero-order valence-corrected chi connectivity index (χ0v) is 12.4. The summed E-state index contributed by atoms with van der Waals surface area (Å²) in [5.74, 6) is 0.875. The minimum absolute atomic E-state index is 0.0912. The Morgan fingerprint density at radius 2 is 2.00 bits per heavy atom. The van der Waals surface area contributed by atoms with Crippen molar-refractivity contribution in [2.24, 2.45) is 5.92 Å². The number of aromatic nitrogens is 1. The van der Waals surface area contributed by atoms with Crippen LogP contribution in [0.3, 0.4) is 0 Å². The molecule has 1 amide bonds. The summed E-state index contributed by atoms with van der Waals surface area (Å²) in [6.45, 7) is 8.47. The van der Waals surface area contributed by atoms with Crippen molar-refractivity contribution in [3.05, 3.63) is 29.6 Å². The minimum atomic E-state index is 0.0912. The highest BCUT2D eigenvalue weighted by Gasteiger charge is 2.29. The van der Waals surface area contributed by atoms with Crippen LogP contribution in [0.5, 0.6) is 0 Å². The Hall–Kier alpha value is -1.42. The molecule has 1 aromatic rings. The fraction of sp³-hybridized carbons (Fsp3) is 0.625. The molecule has 0 spiro atoms. The summed E-state index contributed by atoms with van der Waals surface area (Å²) in [5, 5.41) is 0. The molecule has 20 heavy (non-hydrogen) atoms. The van der Waals surface area contributed by atoms with Crippen molar-refractivity contribution in [3.8, 4) is 0 Å². The maximum atomic E-state index is 12.4. The summed E-state index contributed by atoms with van der Waals surface area (Å²) in [6, 6.07) is 6.15. The quantitative estimate of drug-likeness (QED) is 0.848. The van der Waals surface area contributed by atoms with E-state index < -0.39 is 0 Å². The first kappa shape index (κ1) is 13.6. The largest absolute Gasteiger partial charge is 0.337 e. The van der Waals surface area contributed by atoms with Gasteiger partial charge in [-0.15, -0.1) is 0 Å². The van der Waals surface area contributed by atoms with Gasteiger partial charge >= 0.3 is 0 Å². The second-order valence-electron chi connectivity index (χ2n) is 6.18. The maximum absolute atomic E-state index is 12.4. The molecule has 2 saturated heterocycles. The standard InChI is InChI=1S/C16H23N3O/c1-12-10-19(11-12)13(2)14-6-5-7-15(17-14)16(20)18-8-3-4-9-18/h5-7,12-13H,3-4,8-11H2,1-2H3. The van der Waals surface area contributed by atoms with Crippen molar-refractivity contribution in [3.63, 3.8) is 0 Å². The molecule has 2 aliphatic rings. The molecule has 3 rings (SSSR count). The lowest BCUT2D eigenvalue weighted by atomic mass is 9.99. The van der Waals surface area contributed by atoms with E-state index in [9.17, 15) is 4.79 Å². The van der Waals surface area contributed by atoms with Crippen molar-refractivity contribution < 1.29 is 4.79 Å². The number of nitrogens with zero attached hydrogens (tertiary/aromatic N) is 3. The molecule has 0 radical (unpaired) electrons. The molecule has 0 saturated carbocycles. The Labute approximate surface area is 120 Å². The molecule has 2 aliphatic heterocycles. The Kier molecular flexibility index (Phi) is 3.74. The Bertz CT molecular complexity index is 490. The molecule has 0 aromatic carbocycles. The van der Waals surface area contributed by atoms with Crippen molar-refractivity contribution in [1.82, 2.24) is 14.8 Å². The second-order valence-corrected chi connectivity index (χ2v) is 6.18. The van der Waals surface area contributed by atoms with E-state index in [4.69, 9.17) is 0 Å². The van der Waals surface area contributed by atoms with E-state index in [0.717, 1.165) is 50.6 Å². The van der Waals surface area contributed by atoms with Gasteiger partial charge in [0.1, 0.15) is 5.69 Å². The van der Waals surface area contributed by atoms with Gasteiger partial charge in [-0.05, 0) is 37.8 Å². The number of pyridine rings is 1. The minimum Gasteiger partial charge on any atom is -0.337 e. The SMILES string of the molecule is CC1CN(C(C)c2cccc(C(=O)N3CCCC3)n2)C1. The van der Waals surface area contributed by atoms with E-state index in [0.29, 0.717) is 11.7 Å². The van der Waals surface area contributed by atoms with Crippen LogP contribution in [0.4, 0.5) is 0 Å². The molecule has 4 heteroatoms. The van der Waals surface area contributed by atoms with E-state index in [-0.39, 0.29) is 5.91 Å². The van der Waals surface area contributed by atoms with Crippen LogP contribution in [0.1, 0.15) is 48.9 Å². The molecule has 1 atom stereocenters. The van der Waals surface area contributed by atoms with Gasteiger partial charge < -0.3 is 4.90 Å². The summed E-state index contributed by atoms with van der Waals surface area (Å²) >= 11 is 0. The third kappa shape index (κ3) is 2.57. The zero-order chi connectivity index (χ0) is 14.1. The monoisotopic (exact) mass is 273 g/mol. The maximum Gasteiger partial charge on any atom is 0.272 e. The highest BCUT2D eigenvalue weighted by Crippen LogP contribution is 2.27. The molecule has 0 bridgehead atoms. The van der Waals surface area contributed by atoms with Gasteiger partial charge in [0.25, 0.3) is 5.91 Å². The van der Waals surface area contributed by atoms with Crippen molar-refractivity contribution in [2.45, 2.75) is 32.7 Å². The first-order valence-electron chi connectivity index (χ1n) is 7.65. The predicted molar refractivity (Wildman–Crippen MR) is 78.5 cm³/mol. The number of carbonyl (C=O) groups excluding carboxylic acids is 1. The highest BCUT2D eigenvalue weighted by atomic mass is 16.2. The van der Waals surface area contributed by atoms with Crippen LogP contribution in [0.15, 0.2) is 18.2 Å². The Balaban J connectivity index is 1.73. The van der Waals surface area contributed by atoms with Crippen LogP contribution in [-0.2, 0) is 0 Å². The molecule has 2 fully saturated rings. The number of hydrogen-bond donors (Lipinski definition) is 0. The lowest BCUT2D eigenvalue weighted by molar-refractivity contribution is 0.0677. The summed E-state index contributed by atoms with van der Waals surface area (Å²) in [4.78, 5) is 21.3. The molecule has 0 N–H and O–H groups in total. The van der Waals surface area contributed by atoms with Crippen molar-refractivity contribution >= 4 is 5.91 Å². The summed E-state index contributed by atoms with van der Waals surface area (Å²) in [6.07, 6.45) is 2.24. The van der Waals surface area contributed by atoms with Gasteiger partial charge in [-0.3, -0.25) is 9.69 Å². The summed E-state index contributed by atoms with van der Waals surface area (Å²) in [7, 11) is 0. The van der Waals surface area contributed by atoms with E-state index in [1.807, 2.05) is 23.1 Å². The van der Waals surface area contributed by atoms with E-state index >= 15 is 0 Å². The number of carbonyl (C=O) groups is 1. The summed E-state index contributed by atoms with van der Waals surface area (Å²) < 4.78 is 0. The van der Waals surface area contributed by atoms with Gasteiger partial charge in [-0.2, -0.15) is 0 Å². The predicted octanol–water partition coefficient (Wildman–Crippen LogP) is 2.33. The first-order valence-corrected chi connectivity index (χ1v) is 7.65. The van der Waals surface area contributed by atoms with Crippen LogP contribution in [0.2, 0.25) is 0 Å². The van der Waals surface area contributed by atoms with Crippen LogP contribution < -0.4 is 0 Å². The van der Waals surface area contributed by atoms with Gasteiger partial charge in [-0.1, -0.05) is 13.0 Å². The number of hydrogen-bond acceptors (Lipinski definition) is 3. The Morgan fingerprint density at radius 1 is 1.30 bits per heavy atom. The third-order valence-corrected chi connectivity index (χ3v) is 4.45. The first-order chi connectivity index (χ1) is 9.65. The summed E-state index contributed by atoms with van der Waals surface area (Å²) in [5.41, 5.74) is 1.62. The molecule has 1 aromatic heterocycles. The van der Waals surface area contributed by atoms with E-state index in [1.54, 1.807) is 0 Å². The number of likely N-dealkylation sites (tertiary alicyclic amines) is 2. The molecule has 108 valence electrons. The van der Waals surface area contributed by atoms with E-state index in [1.165, 1.54) is 0 Å². The molecule has 1 unspecified atom stereocenters. The van der Waals surface area contributed by atoms with Crippen LogP contribution >= 0.6 is 0 Å². The molecule has 4 nitrogen and oxygen atoms in total. The van der Waals surface area contributed by atoms with Crippen LogP contribution in [0.25, 0.3) is 0 Å². The smallest absolute Gasteiger partial charge is 0.272 e. The molecular formula is C16H23N3O. The van der Waals surface area contributed by atoms with Gasteiger partial charge in [0.2, 0.25) is 0 Å². The molecule has 0 aliphatic carbocycles. The third-order valence-electron chi connectivity index (χ3n) is 4.45. The lowest BCUT2D eigenvalue weighted by Crippen LogP contribution is -2.46. The fourth-order valence-corrected chi connectivity index (χ4v) is 3.14.